The maximum atomic E-state index is 11.9. The van der Waals surface area contributed by atoms with Crippen molar-refractivity contribution in [1.29, 1.82) is 0 Å². The Balaban J connectivity index is -0.000000345. The molecule has 0 aliphatic rings. The van der Waals surface area contributed by atoms with E-state index in [1.165, 1.54) is 27.7 Å². The van der Waals surface area contributed by atoms with Gasteiger partial charge in [-0.3, -0.25) is 18.5 Å². The standard InChI is InChI=1S/C10H22O11P2S.C6H12O8P2.C2H4O3S.CH4/c1-4-8(24(17,18)19)7-10(2,3)9(11)20-5-6-22(12,13)21-23(14,15)16;1-5(2)6(7)13-3-4-15(8,9)14-16(10,11)12;1-2-6(3,4)5;/h8H,4-7H2,1-3H3,(H,12,13)(H2,14,15,16)(H,17,18,19);1,3-4H2,2H3,(H,8,9)(H2,10,11,12);2H,1H2,(H,3,4,5);1H4/p-5. The Morgan fingerprint density at radius 1 is 0.936 bits per heavy atom. The van der Waals surface area contributed by atoms with Crippen LogP contribution in [0.2, 0.25) is 0 Å². The molecule has 28 heteroatoms. The molecule has 0 heterocycles. The second-order valence-corrected chi connectivity index (χ2v) is 18.7. The minimum atomic E-state index is -5.60. The van der Waals surface area contributed by atoms with Crippen LogP contribution in [0, 0.1) is 5.41 Å². The summed E-state index contributed by atoms with van der Waals surface area (Å²) in [5.41, 5.74) is -1.28. The van der Waals surface area contributed by atoms with Gasteiger partial charge in [0.15, 0.2) is 0 Å². The van der Waals surface area contributed by atoms with Gasteiger partial charge in [0, 0.05) is 17.1 Å². The molecule has 47 heavy (non-hydrogen) atoms. The van der Waals surface area contributed by atoms with Crippen molar-refractivity contribution in [1.82, 2.24) is 0 Å². The minimum absolute atomic E-state index is 0. The van der Waals surface area contributed by atoms with Crippen molar-refractivity contribution < 1.29 is 101 Å². The second kappa shape index (κ2) is 21.1. The molecule has 4 unspecified atom stereocenters. The number of rotatable bonds is 17. The van der Waals surface area contributed by atoms with E-state index in [9.17, 15) is 68.8 Å². The van der Waals surface area contributed by atoms with Crippen molar-refractivity contribution in [2.45, 2.75) is 53.2 Å². The lowest BCUT2D eigenvalue weighted by Crippen LogP contribution is -2.34. The van der Waals surface area contributed by atoms with E-state index in [1.807, 2.05) is 0 Å². The number of phosphoric acid groups is 2. The van der Waals surface area contributed by atoms with Gasteiger partial charge >= 0.3 is 19.5 Å². The van der Waals surface area contributed by atoms with Crippen LogP contribution < -0.4 is 19.6 Å². The smallest absolute Gasteiger partial charge is 0.337 e. The lowest BCUT2D eigenvalue weighted by molar-refractivity contribution is -0.337. The summed E-state index contributed by atoms with van der Waals surface area (Å²) >= 11 is 0. The number of ether oxygens (including phenoxy) is 2. The predicted molar refractivity (Wildman–Crippen MR) is 154 cm³/mol. The van der Waals surface area contributed by atoms with E-state index in [2.05, 4.69) is 26.5 Å². The van der Waals surface area contributed by atoms with Gasteiger partial charge < -0.3 is 56.8 Å². The molecule has 0 radical (unpaired) electrons. The summed E-state index contributed by atoms with van der Waals surface area (Å²) in [5, 5.41) is -0.833. The molecule has 0 aromatic rings. The first kappa shape index (κ1) is 52.6. The predicted octanol–water partition coefficient (Wildman–Crippen LogP) is -0.909. The highest BCUT2D eigenvalue weighted by molar-refractivity contribution is 7.88. The van der Waals surface area contributed by atoms with Crippen molar-refractivity contribution in [2.24, 2.45) is 5.41 Å². The normalized spacial score (nSPS) is 16.3. The van der Waals surface area contributed by atoms with Crippen LogP contribution in [-0.4, -0.2) is 78.5 Å². The summed E-state index contributed by atoms with van der Waals surface area (Å²) in [6.07, 6.45) is -1.98. The van der Waals surface area contributed by atoms with Crippen LogP contribution in [0.1, 0.15) is 48.0 Å². The zero-order valence-corrected chi connectivity index (χ0v) is 29.7. The molecule has 0 aromatic heterocycles. The van der Waals surface area contributed by atoms with E-state index in [1.54, 1.807) is 0 Å². The van der Waals surface area contributed by atoms with Gasteiger partial charge in [0.25, 0.3) is 17.9 Å². The molecule has 22 nitrogen and oxygen atoms in total. The summed E-state index contributed by atoms with van der Waals surface area (Å²) < 4.78 is 118. The van der Waals surface area contributed by atoms with Crippen LogP contribution in [0.5, 0.6) is 0 Å². The average molecular weight is 806 g/mol. The summed E-state index contributed by atoms with van der Waals surface area (Å²) in [6, 6.07) is 0. The van der Waals surface area contributed by atoms with E-state index in [-0.39, 0.29) is 25.8 Å². The fourth-order valence-electron chi connectivity index (χ4n) is 2.33. The van der Waals surface area contributed by atoms with E-state index in [4.69, 9.17) is 19.1 Å². The second-order valence-electron chi connectivity index (χ2n) is 9.12. The maximum Gasteiger partial charge on any atom is 0.337 e. The van der Waals surface area contributed by atoms with Crippen molar-refractivity contribution in [3.05, 3.63) is 24.1 Å². The van der Waals surface area contributed by atoms with Gasteiger partial charge in [-0.15, -0.1) is 0 Å². The lowest BCUT2D eigenvalue weighted by Gasteiger charge is -2.35. The molecule has 0 saturated carbocycles. The van der Waals surface area contributed by atoms with Gasteiger partial charge in [-0.25, -0.2) is 17.5 Å². The Hall–Kier alpha value is -1.16. The summed E-state index contributed by atoms with van der Waals surface area (Å²) in [6.45, 7) is 10.2. The first-order valence-electron chi connectivity index (χ1n) is 11.7. The van der Waals surface area contributed by atoms with Crippen molar-refractivity contribution >= 4 is 63.0 Å². The van der Waals surface area contributed by atoms with Crippen molar-refractivity contribution in [2.75, 3.05) is 25.5 Å². The molecule has 282 valence electrons. The highest BCUT2D eigenvalue weighted by Gasteiger charge is 2.37. The fourth-order valence-corrected chi connectivity index (χ4v) is 7.18. The molecule has 0 bridgehead atoms. The number of carbonyl (C=O) groups is 2. The molecule has 0 rings (SSSR count). The Bertz CT molecular complexity index is 1450. The number of esters is 2. The van der Waals surface area contributed by atoms with Crippen LogP contribution in [0.15, 0.2) is 24.1 Å². The van der Waals surface area contributed by atoms with Gasteiger partial charge in [-0.2, -0.15) is 8.42 Å². The molecule has 4 atom stereocenters. The van der Waals surface area contributed by atoms with Gasteiger partial charge in [0.05, 0.1) is 31.3 Å². The van der Waals surface area contributed by atoms with E-state index < -0.39 is 99.2 Å². The molecular formula is C19H37O22P4S2-5. The Kier molecular flexibility index (Phi) is 23.7. The van der Waals surface area contributed by atoms with Gasteiger partial charge in [-0.1, -0.05) is 27.5 Å². The third-order valence-electron chi connectivity index (χ3n) is 4.38. The van der Waals surface area contributed by atoms with E-state index in [0.717, 1.165) is 0 Å². The SMILES string of the molecule is C.C=C(C)C(=O)OCCP(=O)([O-])OP(=O)([O-])[O-].C=CS(=O)(=O)[O-].CCC(CC(C)(C)C(=O)OCCP(=O)(O)OP(=O)([O-])O)S(=O)(=O)O. The number of carbonyl (C=O) groups excluding carboxylic acids is 2. The molecule has 0 amide bonds. The molecule has 0 saturated heterocycles. The monoisotopic (exact) mass is 805 g/mol. The maximum absolute atomic E-state index is 11.9. The van der Waals surface area contributed by atoms with E-state index >= 15 is 0 Å². The highest BCUT2D eigenvalue weighted by atomic mass is 32.2. The minimum Gasteiger partial charge on any atom is -0.790 e. The van der Waals surface area contributed by atoms with Gasteiger partial charge in [0.1, 0.15) is 24.3 Å². The molecule has 0 aliphatic carbocycles. The number of hydrogen-bond donors (Lipinski definition) is 3. The molecular weight excluding hydrogens is 768 g/mol. The average Bonchev–Trinajstić information content (AvgIpc) is 2.78. The first-order chi connectivity index (χ1) is 20.1. The third-order valence-corrected chi connectivity index (χ3v) is 11.3. The van der Waals surface area contributed by atoms with Crippen molar-refractivity contribution in [3.8, 4) is 0 Å². The zero-order valence-electron chi connectivity index (χ0n) is 24.5. The van der Waals surface area contributed by atoms with Gasteiger partial charge in [0.2, 0.25) is 0 Å². The van der Waals surface area contributed by atoms with Crippen LogP contribution in [-0.2, 0) is 66.2 Å². The van der Waals surface area contributed by atoms with Crippen molar-refractivity contribution in [3.63, 3.8) is 0 Å². The third kappa shape index (κ3) is 31.8. The Morgan fingerprint density at radius 3 is 1.68 bits per heavy atom. The topological polar surface area (TPSA) is 384 Å². The van der Waals surface area contributed by atoms with Crippen LogP contribution in [0.4, 0.5) is 0 Å². The quantitative estimate of drug-likeness (QED) is 0.0693. The molecule has 0 aliphatic heterocycles. The Morgan fingerprint density at radius 2 is 1.36 bits per heavy atom. The summed E-state index contributed by atoms with van der Waals surface area (Å²) in [4.78, 5) is 81.4. The van der Waals surface area contributed by atoms with Crippen LogP contribution in [0.25, 0.3) is 0 Å². The zero-order chi connectivity index (χ0) is 37.6. The molecule has 0 aromatic carbocycles. The molecule has 3 N–H and O–H groups in total. The largest absolute Gasteiger partial charge is 0.790 e. The van der Waals surface area contributed by atoms with Gasteiger partial charge in [-0.05, 0) is 33.6 Å². The number of hydrogen-bond acceptors (Lipinski definition) is 19. The Labute approximate surface area is 272 Å². The lowest BCUT2D eigenvalue weighted by atomic mass is 9.87. The first-order valence-corrected chi connectivity index (χ1v) is 21.2. The summed E-state index contributed by atoms with van der Waals surface area (Å²) in [7, 11) is -29.1. The summed E-state index contributed by atoms with van der Waals surface area (Å²) in [5.74, 6) is -1.74. The highest BCUT2D eigenvalue weighted by Crippen LogP contribution is 2.54. The molecule has 0 spiro atoms. The van der Waals surface area contributed by atoms with Crippen LogP contribution in [0.3, 0.4) is 0 Å². The van der Waals surface area contributed by atoms with Crippen LogP contribution >= 0.6 is 30.8 Å². The fraction of sp³-hybridized carbons (Fsp3) is 0.684. The van der Waals surface area contributed by atoms with E-state index in [0.29, 0.717) is 5.41 Å². The molecule has 0 fully saturated rings.